The Hall–Kier alpha value is -0.910. The van der Waals surface area contributed by atoms with Gasteiger partial charge in [0.05, 0.1) is 16.8 Å². The van der Waals surface area contributed by atoms with E-state index in [1.165, 1.54) is 0 Å². The van der Waals surface area contributed by atoms with Gasteiger partial charge in [-0.3, -0.25) is 0 Å². The zero-order chi connectivity index (χ0) is 13.8. The van der Waals surface area contributed by atoms with Crippen LogP contribution in [0, 0.1) is 0 Å². The molecular formula is C13H18ClN3OS. The van der Waals surface area contributed by atoms with Gasteiger partial charge in [-0.15, -0.1) is 11.3 Å². The largest absolute Gasteiger partial charge is 0.395 e. The molecule has 4 nitrogen and oxygen atoms in total. The predicted molar refractivity (Wildman–Crippen MR) is 81.2 cm³/mol. The molecule has 0 aliphatic rings. The van der Waals surface area contributed by atoms with Crippen molar-refractivity contribution in [1.82, 2.24) is 9.97 Å². The first-order valence-corrected chi connectivity index (χ1v) is 7.75. The summed E-state index contributed by atoms with van der Waals surface area (Å²) in [6, 6.07) is 2.30. The van der Waals surface area contributed by atoms with Gasteiger partial charge in [0.1, 0.15) is 0 Å². The summed E-state index contributed by atoms with van der Waals surface area (Å²) in [5.41, 5.74) is 0.869. The highest BCUT2D eigenvalue weighted by atomic mass is 35.5. The van der Waals surface area contributed by atoms with Gasteiger partial charge in [0.15, 0.2) is 5.82 Å². The first-order valence-electron chi connectivity index (χ1n) is 6.49. The van der Waals surface area contributed by atoms with E-state index in [0.717, 1.165) is 28.9 Å². The third-order valence-electron chi connectivity index (χ3n) is 3.25. The number of thiophene rings is 1. The molecule has 0 unspecified atom stereocenters. The Morgan fingerprint density at radius 1 is 1.37 bits per heavy atom. The molecule has 0 amide bonds. The summed E-state index contributed by atoms with van der Waals surface area (Å²) in [6.07, 6.45) is 2.01. The number of nitrogens with zero attached hydrogens (tertiary/aromatic N) is 3. The van der Waals surface area contributed by atoms with Gasteiger partial charge in [0.25, 0.3) is 0 Å². The van der Waals surface area contributed by atoms with Gasteiger partial charge in [-0.05, 0) is 35.9 Å². The maximum Gasteiger partial charge on any atom is 0.224 e. The van der Waals surface area contributed by atoms with E-state index >= 15 is 0 Å². The van der Waals surface area contributed by atoms with Crippen LogP contribution in [0.15, 0.2) is 11.4 Å². The highest BCUT2D eigenvalue weighted by Crippen LogP contribution is 2.31. The molecule has 0 radical (unpaired) electrons. The van der Waals surface area contributed by atoms with Gasteiger partial charge in [-0.1, -0.05) is 13.8 Å². The van der Waals surface area contributed by atoms with Crippen LogP contribution < -0.4 is 4.90 Å². The normalized spacial score (nSPS) is 11.4. The summed E-state index contributed by atoms with van der Waals surface area (Å²) < 4.78 is 1.03. The van der Waals surface area contributed by atoms with Crippen molar-refractivity contribution in [3.05, 3.63) is 16.7 Å². The number of anilines is 1. The molecule has 6 heteroatoms. The molecule has 104 valence electrons. The number of hydrogen-bond donors (Lipinski definition) is 1. The molecular weight excluding hydrogens is 282 g/mol. The molecule has 0 atom stereocenters. The van der Waals surface area contributed by atoms with Gasteiger partial charge in [0, 0.05) is 12.6 Å². The monoisotopic (exact) mass is 299 g/mol. The Kier molecular flexibility index (Phi) is 4.96. The number of rotatable bonds is 6. The Bertz CT molecular complexity index is 542. The maximum absolute atomic E-state index is 9.32. The second-order valence-electron chi connectivity index (χ2n) is 4.34. The summed E-state index contributed by atoms with van der Waals surface area (Å²) in [7, 11) is 0. The molecule has 0 spiro atoms. The van der Waals surface area contributed by atoms with Gasteiger partial charge in [-0.2, -0.15) is 4.98 Å². The molecule has 0 saturated heterocycles. The van der Waals surface area contributed by atoms with Crippen molar-refractivity contribution in [3.8, 4) is 0 Å². The van der Waals surface area contributed by atoms with Crippen molar-refractivity contribution in [2.45, 2.75) is 32.7 Å². The summed E-state index contributed by atoms with van der Waals surface area (Å²) in [4.78, 5) is 10.8. The van der Waals surface area contributed by atoms with Crippen LogP contribution >= 0.6 is 22.9 Å². The zero-order valence-electron chi connectivity index (χ0n) is 11.1. The molecule has 1 N–H and O–H groups in total. The van der Waals surface area contributed by atoms with Gasteiger partial charge < -0.3 is 10.0 Å². The molecule has 2 aromatic heterocycles. The van der Waals surface area contributed by atoms with Crippen LogP contribution in [0.5, 0.6) is 0 Å². The lowest BCUT2D eigenvalue weighted by Gasteiger charge is -2.31. The molecule has 0 bridgehead atoms. The minimum absolute atomic E-state index is 0.102. The molecule has 0 aliphatic heterocycles. The lowest BCUT2D eigenvalue weighted by Crippen LogP contribution is -2.37. The van der Waals surface area contributed by atoms with Crippen molar-refractivity contribution < 1.29 is 5.11 Å². The highest BCUT2D eigenvalue weighted by Gasteiger charge is 2.20. The Morgan fingerprint density at radius 3 is 2.74 bits per heavy atom. The van der Waals surface area contributed by atoms with E-state index in [9.17, 15) is 5.11 Å². The second-order valence-corrected chi connectivity index (χ2v) is 5.59. The van der Waals surface area contributed by atoms with Crippen molar-refractivity contribution in [1.29, 1.82) is 0 Å². The molecule has 0 aliphatic carbocycles. The van der Waals surface area contributed by atoms with Crippen LogP contribution in [0.25, 0.3) is 10.2 Å². The fourth-order valence-corrected chi connectivity index (χ4v) is 3.32. The predicted octanol–water partition coefficient (Wildman–Crippen LogP) is 3.33. The maximum atomic E-state index is 9.32. The Morgan fingerprint density at radius 2 is 2.11 bits per heavy atom. The zero-order valence-corrected chi connectivity index (χ0v) is 12.7. The van der Waals surface area contributed by atoms with Crippen LogP contribution in [0.4, 0.5) is 5.82 Å². The van der Waals surface area contributed by atoms with E-state index in [1.54, 1.807) is 11.3 Å². The van der Waals surface area contributed by atoms with Crippen molar-refractivity contribution >= 4 is 39.0 Å². The SMILES string of the molecule is CCC(CC)N(CCO)c1nc(Cl)nc2ccsc12. The third-order valence-corrected chi connectivity index (χ3v) is 4.32. The summed E-state index contributed by atoms with van der Waals surface area (Å²) in [6.45, 7) is 4.96. The van der Waals surface area contributed by atoms with E-state index in [4.69, 9.17) is 11.6 Å². The smallest absolute Gasteiger partial charge is 0.224 e. The van der Waals surface area contributed by atoms with Crippen LogP contribution in [0.2, 0.25) is 5.28 Å². The van der Waals surface area contributed by atoms with E-state index in [-0.39, 0.29) is 11.9 Å². The highest BCUT2D eigenvalue weighted by molar-refractivity contribution is 7.17. The number of aliphatic hydroxyl groups excluding tert-OH is 1. The fourth-order valence-electron chi connectivity index (χ4n) is 2.31. The summed E-state index contributed by atoms with van der Waals surface area (Å²) in [5, 5.41) is 11.6. The van der Waals surface area contributed by atoms with Crippen LogP contribution in [-0.4, -0.2) is 34.3 Å². The van der Waals surface area contributed by atoms with E-state index in [2.05, 4.69) is 28.7 Å². The van der Waals surface area contributed by atoms with Gasteiger partial charge >= 0.3 is 0 Å². The minimum atomic E-state index is 0.102. The summed E-state index contributed by atoms with van der Waals surface area (Å²) in [5.74, 6) is 0.841. The Balaban J connectivity index is 2.51. The van der Waals surface area contributed by atoms with Crippen molar-refractivity contribution in [2.24, 2.45) is 0 Å². The van der Waals surface area contributed by atoms with Gasteiger partial charge in [0.2, 0.25) is 5.28 Å². The van der Waals surface area contributed by atoms with E-state index in [1.807, 2.05) is 11.4 Å². The first kappa shape index (κ1) is 14.5. The number of halogens is 1. The Labute approximate surface area is 122 Å². The molecule has 0 aromatic carbocycles. The topological polar surface area (TPSA) is 49.2 Å². The van der Waals surface area contributed by atoms with Crippen LogP contribution in [0.3, 0.4) is 0 Å². The van der Waals surface area contributed by atoms with E-state index < -0.39 is 0 Å². The lowest BCUT2D eigenvalue weighted by molar-refractivity contribution is 0.295. The standard InChI is InChI=1S/C13H18ClN3OS/c1-3-9(4-2)17(6-7-18)12-11-10(5-8-19-11)15-13(14)16-12/h5,8-9,18H,3-4,6-7H2,1-2H3. The quantitative estimate of drug-likeness (QED) is 0.831. The lowest BCUT2D eigenvalue weighted by atomic mass is 10.1. The third kappa shape index (κ3) is 2.99. The van der Waals surface area contributed by atoms with Gasteiger partial charge in [-0.25, -0.2) is 4.98 Å². The molecule has 0 saturated carbocycles. The van der Waals surface area contributed by atoms with Crippen LogP contribution in [-0.2, 0) is 0 Å². The van der Waals surface area contributed by atoms with Crippen LogP contribution in [0.1, 0.15) is 26.7 Å². The number of aromatic nitrogens is 2. The fraction of sp³-hybridized carbons (Fsp3) is 0.538. The molecule has 19 heavy (non-hydrogen) atoms. The van der Waals surface area contributed by atoms with E-state index in [0.29, 0.717) is 12.6 Å². The number of aliphatic hydroxyl groups is 1. The molecule has 2 heterocycles. The molecule has 2 aromatic rings. The average Bonchev–Trinajstić information content (AvgIpc) is 2.86. The summed E-state index contributed by atoms with van der Waals surface area (Å²) >= 11 is 7.62. The van der Waals surface area contributed by atoms with Crippen molar-refractivity contribution in [3.63, 3.8) is 0 Å². The molecule has 2 rings (SSSR count). The first-order chi connectivity index (χ1) is 9.21. The number of hydrogen-bond acceptors (Lipinski definition) is 5. The molecule has 0 fully saturated rings. The average molecular weight is 300 g/mol. The second kappa shape index (κ2) is 6.50. The number of fused-ring (bicyclic) bond motifs is 1. The minimum Gasteiger partial charge on any atom is -0.395 e. The van der Waals surface area contributed by atoms with Crippen molar-refractivity contribution in [2.75, 3.05) is 18.1 Å².